The molecule has 0 bridgehead atoms. The van der Waals surface area contributed by atoms with Crippen molar-refractivity contribution in [3.8, 4) is 0 Å². The van der Waals surface area contributed by atoms with Crippen LogP contribution in [0, 0.1) is 0 Å². The topological polar surface area (TPSA) is 78.0 Å². The van der Waals surface area contributed by atoms with Gasteiger partial charge in [-0.15, -0.1) is 0 Å². The molecule has 1 rings (SSSR count). The molecule has 1 amide bonds. The lowest BCUT2D eigenvalue weighted by molar-refractivity contribution is 0.0158. The molecule has 136 valence electrons. The van der Waals surface area contributed by atoms with Crippen LogP contribution in [0.2, 0.25) is 0 Å². The maximum atomic E-state index is 11.5. The number of alkyl carbamates (subject to hydrolysis) is 1. The summed E-state index contributed by atoms with van der Waals surface area (Å²) < 4.78 is 21.1. The van der Waals surface area contributed by atoms with E-state index in [4.69, 9.17) is 18.9 Å². The molecule has 7 nitrogen and oxygen atoms in total. The van der Waals surface area contributed by atoms with Gasteiger partial charge in [-0.1, -0.05) is 30.3 Å². The van der Waals surface area contributed by atoms with Gasteiger partial charge in [-0.25, -0.2) is 4.79 Å². The number of carbonyl (C=O) groups is 1. The Labute approximate surface area is 143 Å². The monoisotopic (exact) mass is 340 g/mol. The van der Waals surface area contributed by atoms with Gasteiger partial charge in [-0.3, -0.25) is 0 Å². The maximum absolute atomic E-state index is 11.5. The molecule has 0 aliphatic heterocycles. The molecule has 24 heavy (non-hydrogen) atoms. The molecule has 0 aliphatic rings. The highest BCUT2D eigenvalue weighted by Gasteiger charge is 2.01. The average Bonchev–Trinajstić information content (AvgIpc) is 2.62. The second kappa shape index (κ2) is 14.9. The Morgan fingerprint density at radius 3 is 2.08 bits per heavy atom. The Kier molecular flexibility index (Phi) is 12.6. The van der Waals surface area contributed by atoms with Crippen molar-refractivity contribution in [3.63, 3.8) is 0 Å². The van der Waals surface area contributed by atoms with E-state index in [9.17, 15) is 4.79 Å². The standard InChI is InChI=1S/C17H28N2O5/c1-18-7-9-21-11-13-23-14-12-22-10-8-19-17(20)24-15-16-5-3-2-4-6-16/h2-6,18H,7-15H2,1H3,(H,19,20). The molecular formula is C17H28N2O5. The van der Waals surface area contributed by atoms with Crippen molar-refractivity contribution in [2.75, 3.05) is 59.8 Å². The molecule has 0 radical (unpaired) electrons. The van der Waals surface area contributed by atoms with Crippen LogP contribution in [0.5, 0.6) is 0 Å². The molecule has 0 unspecified atom stereocenters. The van der Waals surface area contributed by atoms with Gasteiger partial charge in [-0.05, 0) is 12.6 Å². The summed E-state index contributed by atoms with van der Waals surface area (Å²) in [4.78, 5) is 11.5. The van der Waals surface area contributed by atoms with E-state index in [1.165, 1.54) is 0 Å². The van der Waals surface area contributed by atoms with Crippen molar-refractivity contribution >= 4 is 6.09 Å². The third kappa shape index (κ3) is 11.8. The highest BCUT2D eigenvalue weighted by Crippen LogP contribution is 2.00. The quantitative estimate of drug-likeness (QED) is 0.495. The first-order valence-corrected chi connectivity index (χ1v) is 8.15. The van der Waals surface area contributed by atoms with Crippen LogP contribution >= 0.6 is 0 Å². The normalized spacial score (nSPS) is 10.5. The van der Waals surface area contributed by atoms with Gasteiger partial charge in [0.25, 0.3) is 0 Å². The summed E-state index contributed by atoms with van der Waals surface area (Å²) >= 11 is 0. The van der Waals surface area contributed by atoms with Gasteiger partial charge < -0.3 is 29.6 Å². The van der Waals surface area contributed by atoms with Crippen molar-refractivity contribution < 1.29 is 23.7 Å². The fourth-order valence-corrected chi connectivity index (χ4v) is 1.72. The zero-order chi connectivity index (χ0) is 17.3. The molecule has 1 aromatic rings. The number of benzene rings is 1. The lowest BCUT2D eigenvalue weighted by Gasteiger charge is -2.08. The smallest absolute Gasteiger partial charge is 0.407 e. The number of hydrogen-bond donors (Lipinski definition) is 2. The zero-order valence-electron chi connectivity index (χ0n) is 14.3. The van der Waals surface area contributed by atoms with Gasteiger partial charge in [0.15, 0.2) is 0 Å². The van der Waals surface area contributed by atoms with Gasteiger partial charge in [-0.2, -0.15) is 0 Å². The van der Waals surface area contributed by atoms with Crippen LogP contribution in [0.1, 0.15) is 5.56 Å². The molecule has 0 fully saturated rings. The third-order valence-electron chi connectivity index (χ3n) is 2.97. The summed E-state index contributed by atoms with van der Waals surface area (Å²) in [6.07, 6.45) is -0.447. The lowest BCUT2D eigenvalue weighted by atomic mass is 10.2. The largest absolute Gasteiger partial charge is 0.445 e. The average molecular weight is 340 g/mol. The second-order valence-corrected chi connectivity index (χ2v) is 4.93. The highest BCUT2D eigenvalue weighted by atomic mass is 16.6. The van der Waals surface area contributed by atoms with E-state index in [0.29, 0.717) is 46.2 Å². The van der Waals surface area contributed by atoms with E-state index >= 15 is 0 Å². The summed E-state index contributed by atoms with van der Waals surface area (Å²) in [5.74, 6) is 0. The van der Waals surface area contributed by atoms with Gasteiger partial charge in [0.05, 0.1) is 39.6 Å². The van der Waals surface area contributed by atoms with E-state index in [-0.39, 0.29) is 6.61 Å². The number of ether oxygens (including phenoxy) is 4. The van der Waals surface area contributed by atoms with E-state index in [0.717, 1.165) is 12.1 Å². The van der Waals surface area contributed by atoms with Crippen molar-refractivity contribution in [2.24, 2.45) is 0 Å². The van der Waals surface area contributed by atoms with E-state index in [1.807, 2.05) is 37.4 Å². The van der Waals surface area contributed by atoms with Crippen molar-refractivity contribution in [1.29, 1.82) is 0 Å². The fourth-order valence-electron chi connectivity index (χ4n) is 1.72. The van der Waals surface area contributed by atoms with E-state index in [1.54, 1.807) is 0 Å². The SMILES string of the molecule is CNCCOCCOCCOCCNC(=O)OCc1ccccc1. The number of hydrogen-bond acceptors (Lipinski definition) is 6. The second-order valence-electron chi connectivity index (χ2n) is 4.93. The Morgan fingerprint density at radius 2 is 1.46 bits per heavy atom. The molecule has 0 saturated carbocycles. The summed E-state index contributed by atoms with van der Waals surface area (Å²) in [5, 5.41) is 5.63. The van der Waals surface area contributed by atoms with Gasteiger partial charge in [0.2, 0.25) is 0 Å². The first-order chi connectivity index (χ1) is 11.8. The predicted molar refractivity (Wildman–Crippen MR) is 91.0 cm³/mol. The number of amides is 1. The highest BCUT2D eigenvalue weighted by molar-refractivity contribution is 5.67. The van der Waals surface area contributed by atoms with E-state index in [2.05, 4.69) is 10.6 Å². The maximum Gasteiger partial charge on any atom is 0.407 e. The molecule has 2 N–H and O–H groups in total. The van der Waals surface area contributed by atoms with Gasteiger partial charge in [0, 0.05) is 13.1 Å². The molecule has 1 aromatic carbocycles. The van der Waals surface area contributed by atoms with Crippen LogP contribution < -0.4 is 10.6 Å². The molecular weight excluding hydrogens is 312 g/mol. The first kappa shape index (κ1) is 20.4. The lowest BCUT2D eigenvalue weighted by Crippen LogP contribution is -2.28. The number of likely N-dealkylation sites (N-methyl/N-ethyl adjacent to an activating group) is 1. The summed E-state index contributed by atoms with van der Waals surface area (Å²) in [7, 11) is 1.88. The molecule has 0 heterocycles. The van der Waals surface area contributed by atoms with Crippen molar-refractivity contribution in [3.05, 3.63) is 35.9 Å². The minimum Gasteiger partial charge on any atom is -0.445 e. The van der Waals surface area contributed by atoms with Crippen LogP contribution in [0.3, 0.4) is 0 Å². The van der Waals surface area contributed by atoms with Crippen LogP contribution in [-0.2, 0) is 25.6 Å². The summed E-state index contributed by atoms with van der Waals surface area (Å²) in [6, 6.07) is 9.54. The van der Waals surface area contributed by atoms with E-state index < -0.39 is 6.09 Å². The first-order valence-electron chi connectivity index (χ1n) is 8.15. The Hall–Kier alpha value is -1.67. The molecule has 0 atom stereocenters. The minimum atomic E-state index is -0.447. The fraction of sp³-hybridized carbons (Fsp3) is 0.588. The predicted octanol–water partition coefficient (Wildman–Crippen LogP) is 1.18. The molecule has 0 saturated heterocycles. The Balaban J connectivity index is 1.82. The minimum absolute atomic E-state index is 0.262. The Morgan fingerprint density at radius 1 is 0.875 bits per heavy atom. The molecule has 7 heteroatoms. The Bertz CT molecular complexity index is 417. The molecule has 0 spiro atoms. The zero-order valence-corrected chi connectivity index (χ0v) is 14.3. The molecule has 0 aromatic heterocycles. The van der Waals surface area contributed by atoms with Crippen molar-refractivity contribution in [2.45, 2.75) is 6.61 Å². The van der Waals surface area contributed by atoms with Crippen LogP contribution in [-0.4, -0.2) is 65.9 Å². The van der Waals surface area contributed by atoms with Crippen LogP contribution in [0.4, 0.5) is 4.79 Å². The van der Waals surface area contributed by atoms with Gasteiger partial charge >= 0.3 is 6.09 Å². The summed E-state index contributed by atoms with van der Waals surface area (Å²) in [6.45, 7) is 4.73. The third-order valence-corrected chi connectivity index (χ3v) is 2.97. The summed E-state index contributed by atoms with van der Waals surface area (Å²) in [5.41, 5.74) is 0.955. The van der Waals surface area contributed by atoms with Crippen molar-refractivity contribution in [1.82, 2.24) is 10.6 Å². The van der Waals surface area contributed by atoms with Crippen LogP contribution in [0.15, 0.2) is 30.3 Å². The number of carbonyl (C=O) groups excluding carboxylic acids is 1. The number of rotatable bonds is 14. The van der Waals surface area contributed by atoms with Crippen LogP contribution in [0.25, 0.3) is 0 Å². The molecule has 0 aliphatic carbocycles. The number of nitrogens with one attached hydrogen (secondary N) is 2. The van der Waals surface area contributed by atoms with Gasteiger partial charge in [0.1, 0.15) is 6.61 Å².